The highest BCUT2D eigenvalue weighted by atomic mass is 32.2. The van der Waals surface area contributed by atoms with E-state index in [1.54, 1.807) is 0 Å². The standard InChI is InChI=1S/C18H19N3OS2/c1-4-13-8-14-6-5-11(2)7-15(14)20-17(13)23-10-16(22)21-18-19-12(3)9-24-18/h5-9H,4,10H2,1-3H3,(H,19,21,22). The van der Waals surface area contributed by atoms with Crippen LogP contribution in [0.2, 0.25) is 0 Å². The average Bonchev–Trinajstić information content (AvgIpc) is 2.96. The molecule has 0 saturated carbocycles. The summed E-state index contributed by atoms with van der Waals surface area (Å²) >= 11 is 2.92. The lowest BCUT2D eigenvalue weighted by atomic mass is 10.1. The highest BCUT2D eigenvalue weighted by Gasteiger charge is 2.11. The molecule has 3 rings (SSSR count). The monoisotopic (exact) mass is 357 g/mol. The van der Waals surface area contributed by atoms with E-state index >= 15 is 0 Å². The van der Waals surface area contributed by atoms with Crippen molar-refractivity contribution in [3.8, 4) is 0 Å². The van der Waals surface area contributed by atoms with E-state index in [4.69, 9.17) is 4.98 Å². The van der Waals surface area contributed by atoms with Crippen LogP contribution in [0.1, 0.15) is 23.7 Å². The minimum atomic E-state index is -0.0532. The molecule has 1 amide bonds. The van der Waals surface area contributed by atoms with Gasteiger partial charge in [-0.2, -0.15) is 0 Å². The van der Waals surface area contributed by atoms with Crippen molar-refractivity contribution in [2.75, 3.05) is 11.1 Å². The van der Waals surface area contributed by atoms with Crippen molar-refractivity contribution in [3.05, 3.63) is 46.5 Å². The van der Waals surface area contributed by atoms with Gasteiger partial charge >= 0.3 is 0 Å². The molecule has 24 heavy (non-hydrogen) atoms. The molecule has 0 aliphatic heterocycles. The lowest BCUT2D eigenvalue weighted by Gasteiger charge is -2.09. The number of carbonyl (C=O) groups is 1. The largest absolute Gasteiger partial charge is 0.301 e. The number of benzene rings is 1. The first-order valence-electron chi connectivity index (χ1n) is 7.80. The first-order chi connectivity index (χ1) is 11.5. The number of nitrogens with one attached hydrogen (secondary N) is 1. The third-order valence-corrected chi connectivity index (χ3v) is 5.51. The van der Waals surface area contributed by atoms with Crippen molar-refractivity contribution in [2.24, 2.45) is 0 Å². The van der Waals surface area contributed by atoms with E-state index in [2.05, 4.69) is 48.4 Å². The number of nitrogens with zero attached hydrogens (tertiary/aromatic N) is 2. The summed E-state index contributed by atoms with van der Waals surface area (Å²) in [6.45, 7) is 6.08. The third-order valence-electron chi connectivity index (χ3n) is 3.60. The number of thioether (sulfide) groups is 1. The van der Waals surface area contributed by atoms with Crippen molar-refractivity contribution in [1.82, 2.24) is 9.97 Å². The van der Waals surface area contributed by atoms with Gasteiger partial charge in [-0.15, -0.1) is 11.3 Å². The molecule has 2 aromatic heterocycles. The van der Waals surface area contributed by atoms with Gasteiger partial charge in [-0.1, -0.05) is 30.8 Å². The maximum atomic E-state index is 12.1. The highest BCUT2D eigenvalue weighted by molar-refractivity contribution is 8.00. The number of carbonyl (C=O) groups excluding carboxylic acids is 1. The first-order valence-corrected chi connectivity index (χ1v) is 9.66. The van der Waals surface area contributed by atoms with Crippen molar-refractivity contribution in [2.45, 2.75) is 32.2 Å². The Labute approximate surface area is 149 Å². The van der Waals surface area contributed by atoms with Gasteiger partial charge in [0.25, 0.3) is 0 Å². The predicted molar refractivity (Wildman–Crippen MR) is 102 cm³/mol. The summed E-state index contributed by atoms with van der Waals surface area (Å²) < 4.78 is 0. The molecule has 1 N–H and O–H groups in total. The molecule has 0 atom stereocenters. The zero-order valence-electron chi connectivity index (χ0n) is 13.9. The number of thiazole rings is 1. The summed E-state index contributed by atoms with van der Waals surface area (Å²) in [6.07, 6.45) is 0.895. The van der Waals surface area contributed by atoms with E-state index in [1.807, 2.05) is 12.3 Å². The zero-order chi connectivity index (χ0) is 17.1. The van der Waals surface area contributed by atoms with Crippen LogP contribution in [0.15, 0.2) is 34.7 Å². The molecule has 6 heteroatoms. The quantitative estimate of drug-likeness (QED) is 0.678. The van der Waals surface area contributed by atoms with Crippen molar-refractivity contribution < 1.29 is 4.79 Å². The van der Waals surface area contributed by atoms with Gasteiger partial charge in [0.15, 0.2) is 5.13 Å². The van der Waals surface area contributed by atoms with Gasteiger partial charge < -0.3 is 5.32 Å². The summed E-state index contributed by atoms with van der Waals surface area (Å²) in [5.74, 6) is 0.276. The number of pyridine rings is 1. The summed E-state index contributed by atoms with van der Waals surface area (Å²) in [4.78, 5) is 21.1. The SMILES string of the molecule is CCc1cc2ccc(C)cc2nc1SCC(=O)Nc1nc(C)cs1. The Bertz CT molecular complexity index is 889. The fourth-order valence-electron chi connectivity index (χ4n) is 2.38. The molecule has 0 unspecified atom stereocenters. The molecule has 3 aromatic rings. The van der Waals surface area contributed by atoms with Crippen LogP contribution in [0, 0.1) is 13.8 Å². The van der Waals surface area contributed by atoms with E-state index in [0.717, 1.165) is 28.0 Å². The van der Waals surface area contributed by atoms with Crippen LogP contribution in [0.25, 0.3) is 10.9 Å². The van der Waals surface area contributed by atoms with Crippen LogP contribution in [-0.4, -0.2) is 21.6 Å². The van der Waals surface area contributed by atoms with Crippen molar-refractivity contribution in [1.29, 1.82) is 0 Å². The second kappa shape index (κ2) is 7.32. The smallest absolute Gasteiger partial charge is 0.236 e. The topological polar surface area (TPSA) is 54.9 Å². The molecule has 1 aromatic carbocycles. The first kappa shape index (κ1) is 16.9. The van der Waals surface area contributed by atoms with E-state index in [1.165, 1.54) is 34.2 Å². The molecule has 4 nitrogen and oxygen atoms in total. The lowest BCUT2D eigenvalue weighted by molar-refractivity contribution is -0.113. The fourth-order valence-corrected chi connectivity index (χ4v) is 3.98. The number of amides is 1. The van der Waals surface area contributed by atoms with Crippen LogP contribution >= 0.6 is 23.1 Å². The summed E-state index contributed by atoms with van der Waals surface area (Å²) in [7, 11) is 0. The molecule has 0 radical (unpaired) electrons. The van der Waals surface area contributed by atoms with Crippen LogP contribution < -0.4 is 5.32 Å². The Kier molecular flexibility index (Phi) is 5.16. The molecular weight excluding hydrogens is 338 g/mol. The molecule has 0 spiro atoms. The molecule has 0 saturated heterocycles. The Morgan fingerprint density at radius 2 is 2.08 bits per heavy atom. The van der Waals surface area contributed by atoms with Gasteiger partial charge in [0.1, 0.15) is 5.03 Å². The highest BCUT2D eigenvalue weighted by Crippen LogP contribution is 2.26. The molecule has 0 aliphatic carbocycles. The third kappa shape index (κ3) is 3.94. The number of hydrogen-bond donors (Lipinski definition) is 1. The lowest BCUT2D eigenvalue weighted by Crippen LogP contribution is -2.14. The summed E-state index contributed by atoms with van der Waals surface area (Å²) in [6, 6.07) is 8.45. The number of fused-ring (bicyclic) bond motifs is 1. The maximum absolute atomic E-state index is 12.1. The van der Waals surface area contributed by atoms with Crippen molar-refractivity contribution in [3.63, 3.8) is 0 Å². The van der Waals surface area contributed by atoms with Gasteiger partial charge in [-0.05, 0) is 43.5 Å². The van der Waals surface area contributed by atoms with Gasteiger partial charge in [-0.25, -0.2) is 9.97 Å². The number of rotatable bonds is 5. The fraction of sp³-hybridized carbons (Fsp3) is 0.278. The van der Waals surface area contributed by atoms with Gasteiger partial charge in [-0.3, -0.25) is 4.79 Å². The number of aromatic nitrogens is 2. The van der Waals surface area contributed by atoms with Crippen LogP contribution in [-0.2, 0) is 11.2 Å². The van der Waals surface area contributed by atoms with Crippen molar-refractivity contribution >= 4 is 45.0 Å². The second-order valence-electron chi connectivity index (χ2n) is 5.63. The van der Waals surface area contributed by atoms with Crippen LogP contribution in [0.3, 0.4) is 0 Å². The Morgan fingerprint density at radius 3 is 2.79 bits per heavy atom. The molecule has 2 heterocycles. The number of aryl methyl sites for hydroxylation is 3. The Balaban J connectivity index is 1.74. The minimum Gasteiger partial charge on any atom is -0.301 e. The number of hydrogen-bond acceptors (Lipinski definition) is 5. The molecule has 124 valence electrons. The van der Waals surface area contributed by atoms with Gasteiger partial charge in [0.05, 0.1) is 17.0 Å². The van der Waals surface area contributed by atoms with E-state index in [9.17, 15) is 4.79 Å². The Hall–Kier alpha value is -1.92. The predicted octanol–water partition coefficient (Wildman–Crippen LogP) is 4.60. The summed E-state index contributed by atoms with van der Waals surface area (Å²) in [5.41, 5.74) is 4.26. The van der Waals surface area contributed by atoms with E-state index in [0.29, 0.717) is 10.9 Å². The van der Waals surface area contributed by atoms with Crippen LogP contribution in [0.5, 0.6) is 0 Å². The maximum Gasteiger partial charge on any atom is 0.236 e. The zero-order valence-corrected chi connectivity index (χ0v) is 15.6. The van der Waals surface area contributed by atoms with Gasteiger partial charge in [0, 0.05) is 10.8 Å². The Morgan fingerprint density at radius 1 is 1.25 bits per heavy atom. The molecule has 0 bridgehead atoms. The second-order valence-corrected chi connectivity index (χ2v) is 7.46. The molecular formula is C18H19N3OS2. The van der Waals surface area contributed by atoms with E-state index in [-0.39, 0.29) is 5.91 Å². The molecule has 0 aliphatic rings. The average molecular weight is 358 g/mol. The normalized spacial score (nSPS) is 11.0. The van der Waals surface area contributed by atoms with Gasteiger partial charge in [0.2, 0.25) is 5.91 Å². The number of anilines is 1. The summed E-state index contributed by atoms with van der Waals surface area (Å²) in [5, 5.41) is 7.48. The van der Waals surface area contributed by atoms with E-state index < -0.39 is 0 Å². The molecule has 0 fully saturated rings. The van der Waals surface area contributed by atoms with Crippen LogP contribution in [0.4, 0.5) is 5.13 Å². The minimum absolute atomic E-state index is 0.0532.